The van der Waals surface area contributed by atoms with E-state index >= 15 is 0 Å². The van der Waals surface area contributed by atoms with Gasteiger partial charge in [0.25, 0.3) is 11.8 Å². The Bertz CT molecular complexity index is 1170. The molecule has 0 aliphatic carbocycles. The lowest BCUT2D eigenvalue weighted by Crippen LogP contribution is -2.33. The van der Waals surface area contributed by atoms with Crippen molar-refractivity contribution in [2.75, 3.05) is 17.3 Å². The summed E-state index contributed by atoms with van der Waals surface area (Å²) < 4.78 is 5.48. The van der Waals surface area contributed by atoms with E-state index in [1.54, 1.807) is 19.2 Å². The number of hydrogen-bond acceptors (Lipinski definition) is 4. The van der Waals surface area contributed by atoms with Crippen molar-refractivity contribution in [1.29, 1.82) is 0 Å². The predicted molar refractivity (Wildman–Crippen MR) is 118 cm³/mol. The molecule has 30 heavy (non-hydrogen) atoms. The molecule has 0 radical (unpaired) electrons. The number of anilines is 2. The van der Waals surface area contributed by atoms with E-state index in [1.807, 2.05) is 74.5 Å². The van der Waals surface area contributed by atoms with Crippen LogP contribution in [-0.4, -0.2) is 18.9 Å². The van der Waals surface area contributed by atoms with Gasteiger partial charge in [-0.05, 0) is 49.2 Å². The minimum absolute atomic E-state index is 0.233. The van der Waals surface area contributed by atoms with Crippen molar-refractivity contribution in [3.8, 4) is 5.75 Å². The topological polar surface area (TPSA) is 58.6 Å². The van der Waals surface area contributed by atoms with Gasteiger partial charge >= 0.3 is 0 Å². The lowest BCUT2D eigenvalue weighted by atomic mass is 10.0. The minimum Gasteiger partial charge on any atom is -0.496 e. The highest BCUT2D eigenvalue weighted by Gasteiger charge is 2.41. The first-order chi connectivity index (χ1) is 14.5. The summed E-state index contributed by atoms with van der Waals surface area (Å²) in [6.45, 7) is 3.83. The molecule has 0 saturated carbocycles. The number of nitrogens with zero attached hydrogens (tertiary/aromatic N) is 1. The molecule has 0 fully saturated rings. The summed E-state index contributed by atoms with van der Waals surface area (Å²) in [6, 6.07) is 22.3. The first-order valence-electron chi connectivity index (χ1n) is 9.67. The molecule has 0 unspecified atom stereocenters. The van der Waals surface area contributed by atoms with Crippen molar-refractivity contribution in [1.82, 2.24) is 0 Å². The smallest absolute Gasteiger partial charge is 0.282 e. The first-order valence-corrected chi connectivity index (χ1v) is 9.67. The van der Waals surface area contributed by atoms with Crippen molar-refractivity contribution in [2.45, 2.75) is 13.8 Å². The summed E-state index contributed by atoms with van der Waals surface area (Å²) in [7, 11) is 1.55. The SMILES string of the molecule is COc1ccccc1C1=C(Nc2ccccc2)C(=O)N(c2cc(C)ccc2C)C1=O. The lowest BCUT2D eigenvalue weighted by molar-refractivity contribution is -0.120. The third kappa shape index (κ3) is 3.35. The van der Waals surface area contributed by atoms with Gasteiger partial charge in [-0.25, -0.2) is 4.90 Å². The Kier molecular flexibility index (Phi) is 5.11. The summed E-state index contributed by atoms with van der Waals surface area (Å²) >= 11 is 0. The molecule has 0 saturated heterocycles. The number of methoxy groups -OCH3 is 1. The van der Waals surface area contributed by atoms with Crippen molar-refractivity contribution < 1.29 is 14.3 Å². The molecule has 1 aliphatic rings. The van der Waals surface area contributed by atoms with Crippen LogP contribution < -0.4 is 15.0 Å². The fraction of sp³-hybridized carbons (Fsp3) is 0.120. The number of amides is 2. The van der Waals surface area contributed by atoms with Crippen LogP contribution in [-0.2, 0) is 9.59 Å². The zero-order valence-corrected chi connectivity index (χ0v) is 17.1. The number of carbonyl (C=O) groups excluding carboxylic acids is 2. The molecule has 1 aliphatic heterocycles. The molecule has 2 amide bonds. The average Bonchev–Trinajstić information content (AvgIpc) is 3.00. The van der Waals surface area contributed by atoms with Gasteiger partial charge in [-0.15, -0.1) is 0 Å². The van der Waals surface area contributed by atoms with Crippen molar-refractivity contribution in [3.63, 3.8) is 0 Å². The fourth-order valence-corrected chi connectivity index (χ4v) is 3.59. The van der Waals surface area contributed by atoms with Gasteiger partial charge in [0, 0.05) is 11.3 Å². The zero-order chi connectivity index (χ0) is 21.3. The number of rotatable bonds is 5. The number of benzene rings is 3. The Balaban J connectivity index is 1.89. The number of aryl methyl sites for hydroxylation is 2. The molecular weight excluding hydrogens is 376 g/mol. The van der Waals surface area contributed by atoms with Crippen LogP contribution in [0.15, 0.2) is 78.5 Å². The molecule has 0 atom stereocenters. The second kappa shape index (κ2) is 7.87. The summed E-state index contributed by atoms with van der Waals surface area (Å²) in [5.41, 5.74) is 4.23. The molecule has 5 nitrogen and oxygen atoms in total. The third-order valence-electron chi connectivity index (χ3n) is 5.11. The van der Waals surface area contributed by atoms with Crippen molar-refractivity contribution >= 4 is 28.8 Å². The highest BCUT2D eigenvalue weighted by Crippen LogP contribution is 2.38. The van der Waals surface area contributed by atoms with Gasteiger partial charge in [0.15, 0.2) is 0 Å². The summed E-state index contributed by atoms with van der Waals surface area (Å²) in [4.78, 5) is 28.4. The first kappa shape index (κ1) is 19.5. The number of para-hydroxylation sites is 2. The van der Waals surface area contributed by atoms with E-state index < -0.39 is 5.91 Å². The van der Waals surface area contributed by atoms with Gasteiger partial charge in [-0.2, -0.15) is 0 Å². The molecule has 3 aromatic rings. The van der Waals surface area contributed by atoms with Gasteiger partial charge in [-0.1, -0.05) is 48.5 Å². The van der Waals surface area contributed by atoms with E-state index in [0.29, 0.717) is 22.6 Å². The number of nitrogens with one attached hydrogen (secondary N) is 1. The second-order valence-corrected chi connectivity index (χ2v) is 7.18. The molecule has 150 valence electrons. The summed E-state index contributed by atoms with van der Waals surface area (Å²) in [5.74, 6) is -0.237. The molecule has 1 heterocycles. The number of carbonyl (C=O) groups is 2. The second-order valence-electron chi connectivity index (χ2n) is 7.18. The quantitative estimate of drug-likeness (QED) is 0.633. The Morgan fingerprint density at radius 3 is 2.27 bits per heavy atom. The summed E-state index contributed by atoms with van der Waals surface area (Å²) in [5, 5.41) is 3.17. The summed E-state index contributed by atoms with van der Waals surface area (Å²) in [6.07, 6.45) is 0. The zero-order valence-electron chi connectivity index (χ0n) is 17.1. The van der Waals surface area contributed by atoms with E-state index in [9.17, 15) is 9.59 Å². The van der Waals surface area contributed by atoms with Crippen LogP contribution in [0, 0.1) is 13.8 Å². The predicted octanol–water partition coefficient (Wildman–Crippen LogP) is 4.71. The molecular formula is C25H22N2O3. The number of hydrogen-bond donors (Lipinski definition) is 1. The van der Waals surface area contributed by atoms with Gasteiger partial charge in [0.1, 0.15) is 11.4 Å². The van der Waals surface area contributed by atoms with Crippen molar-refractivity contribution in [2.24, 2.45) is 0 Å². The largest absolute Gasteiger partial charge is 0.496 e. The lowest BCUT2D eigenvalue weighted by Gasteiger charge is -2.18. The minimum atomic E-state index is -0.390. The molecule has 0 spiro atoms. The standard InChI is InChI=1S/C25H22N2O3/c1-16-13-14-17(2)20(15-16)27-24(28)22(19-11-7-8-12-21(19)30-3)23(25(27)29)26-18-9-5-4-6-10-18/h4-15,26H,1-3H3. The monoisotopic (exact) mass is 398 g/mol. The van der Waals surface area contributed by atoms with Crippen LogP contribution in [0.5, 0.6) is 5.75 Å². The third-order valence-corrected chi connectivity index (χ3v) is 5.11. The van der Waals surface area contributed by atoms with Crippen LogP contribution in [0.1, 0.15) is 16.7 Å². The maximum absolute atomic E-state index is 13.6. The van der Waals surface area contributed by atoms with E-state index in [-0.39, 0.29) is 11.6 Å². The Morgan fingerprint density at radius 1 is 0.833 bits per heavy atom. The normalized spacial score (nSPS) is 13.8. The molecule has 4 rings (SSSR count). The molecule has 3 aromatic carbocycles. The highest BCUT2D eigenvalue weighted by molar-refractivity contribution is 6.46. The maximum atomic E-state index is 13.6. The van der Waals surface area contributed by atoms with Gasteiger partial charge in [-0.3, -0.25) is 9.59 Å². The van der Waals surface area contributed by atoms with Crippen LogP contribution in [0.3, 0.4) is 0 Å². The highest BCUT2D eigenvalue weighted by atomic mass is 16.5. The maximum Gasteiger partial charge on any atom is 0.282 e. The van der Waals surface area contributed by atoms with Crippen LogP contribution in [0.25, 0.3) is 5.57 Å². The van der Waals surface area contributed by atoms with Crippen LogP contribution in [0.2, 0.25) is 0 Å². The van der Waals surface area contributed by atoms with Crippen LogP contribution >= 0.6 is 0 Å². The van der Waals surface area contributed by atoms with E-state index in [2.05, 4.69) is 5.32 Å². The van der Waals surface area contributed by atoms with Crippen molar-refractivity contribution in [3.05, 3.63) is 95.2 Å². The molecule has 0 aromatic heterocycles. The molecule has 0 bridgehead atoms. The fourth-order valence-electron chi connectivity index (χ4n) is 3.59. The van der Waals surface area contributed by atoms with Gasteiger partial charge in [0.05, 0.1) is 18.4 Å². The molecule has 1 N–H and O–H groups in total. The Hall–Kier alpha value is -3.86. The van der Waals surface area contributed by atoms with E-state index in [4.69, 9.17) is 4.74 Å². The van der Waals surface area contributed by atoms with Gasteiger partial charge < -0.3 is 10.1 Å². The molecule has 5 heteroatoms. The average molecular weight is 398 g/mol. The van der Waals surface area contributed by atoms with E-state index in [0.717, 1.165) is 16.8 Å². The number of imide groups is 1. The number of ether oxygens (including phenoxy) is 1. The Morgan fingerprint density at radius 2 is 1.53 bits per heavy atom. The van der Waals surface area contributed by atoms with Crippen LogP contribution in [0.4, 0.5) is 11.4 Å². The van der Waals surface area contributed by atoms with E-state index in [1.165, 1.54) is 4.90 Å². The van der Waals surface area contributed by atoms with Gasteiger partial charge in [0.2, 0.25) is 0 Å². The Labute approximate surface area is 175 Å².